The summed E-state index contributed by atoms with van der Waals surface area (Å²) >= 11 is 0. The topological polar surface area (TPSA) is 61.9 Å². The number of piperazine rings is 1. The minimum absolute atomic E-state index is 0.198. The first kappa shape index (κ1) is 23.6. The van der Waals surface area contributed by atoms with Gasteiger partial charge in [0.25, 0.3) is 0 Å². The van der Waals surface area contributed by atoms with Gasteiger partial charge in [0.1, 0.15) is 24.4 Å². The van der Waals surface area contributed by atoms with Gasteiger partial charge in [-0.15, -0.1) is 0 Å². The minimum Gasteiger partial charge on any atom is -0.349 e. The van der Waals surface area contributed by atoms with Gasteiger partial charge in [0.2, 0.25) is 0 Å². The second-order valence-corrected chi connectivity index (χ2v) is 10.4. The maximum absolute atomic E-state index is 6.27. The SMILES string of the molecule is CC1(C)O[C@@H]2[C@H](O1)[C@@H](OCCN1CCN(Cc3ccccc3)CC1)O[C@@H]2[C@H]1COC(C)(C)O1. The molecule has 0 saturated carbocycles. The van der Waals surface area contributed by atoms with Crippen LogP contribution < -0.4 is 0 Å². The maximum atomic E-state index is 6.27. The van der Waals surface area contributed by atoms with E-state index in [1.807, 2.05) is 27.7 Å². The molecule has 0 aromatic heterocycles. The van der Waals surface area contributed by atoms with Gasteiger partial charge in [0, 0.05) is 39.3 Å². The molecule has 1 aromatic rings. The summed E-state index contributed by atoms with van der Waals surface area (Å²) in [5.74, 6) is -1.27. The van der Waals surface area contributed by atoms with Crippen LogP contribution in [-0.2, 0) is 35.0 Å². The summed E-state index contributed by atoms with van der Waals surface area (Å²) in [6.07, 6.45) is -1.43. The van der Waals surface area contributed by atoms with Crippen LogP contribution in [0, 0.1) is 0 Å². The molecule has 0 spiro atoms. The van der Waals surface area contributed by atoms with Crippen LogP contribution in [-0.4, -0.2) is 98.0 Å². The summed E-state index contributed by atoms with van der Waals surface area (Å²) in [5, 5.41) is 0. The van der Waals surface area contributed by atoms with Crippen LogP contribution in [0.1, 0.15) is 33.3 Å². The molecule has 0 unspecified atom stereocenters. The van der Waals surface area contributed by atoms with Gasteiger partial charge in [-0.1, -0.05) is 30.3 Å². The van der Waals surface area contributed by atoms with Crippen molar-refractivity contribution < 1.29 is 28.4 Å². The highest BCUT2D eigenvalue weighted by molar-refractivity contribution is 5.14. The van der Waals surface area contributed by atoms with Crippen molar-refractivity contribution in [1.82, 2.24) is 9.80 Å². The molecule has 0 radical (unpaired) electrons. The third-order valence-corrected chi connectivity index (χ3v) is 6.85. The molecule has 4 aliphatic rings. The van der Waals surface area contributed by atoms with E-state index in [1.54, 1.807) is 0 Å². The number of nitrogens with zero attached hydrogens (tertiary/aromatic N) is 2. The molecule has 1 aromatic carbocycles. The third kappa shape index (κ3) is 5.60. The maximum Gasteiger partial charge on any atom is 0.187 e. The predicted octanol–water partition coefficient (Wildman–Crippen LogP) is 2.22. The highest BCUT2D eigenvalue weighted by Crippen LogP contribution is 2.42. The third-order valence-electron chi connectivity index (χ3n) is 6.85. The Kier molecular flexibility index (Phi) is 6.81. The Labute approximate surface area is 197 Å². The van der Waals surface area contributed by atoms with Crippen molar-refractivity contribution in [3.63, 3.8) is 0 Å². The standard InChI is InChI=1S/C25H38N2O6/c1-24(2)29-17-19(31-24)20-21-22(33-25(3,4)32-21)23(30-20)28-15-14-26-10-12-27(13-11-26)16-18-8-6-5-7-9-18/h5-9,19-23H,10-17H2,1-4H3/t19-,20-,21+,22+,23+/m1/s1. The lowest BCUT2D eigenvalue weighted by molar-refractivity contribution is -0.248. The van der Waals surface area contributed by atoms with Crippen molar-refractivity contribution in [2.24, 2.45) is 0 Å². The van der Waals surface area contributed by atoms with Crippen LogP contribution in [0.4, 0.5) is 0 Å². The fourth-order valence-electron chi connectivity index (χ4n) is 5.21. The molecule has 8 heteroatoms. The van der Waals surface area contributed by atoms with Crippen LogP contribution in [0.2, 0.25) is 0 Å². The van der Waals surface area contributed by atoms with Crippen LogP contribution in [0.25, 0.3) is 0 Å². The Hall–Kier alpha value is -1.10. The van der Waals surface area contributed by atoms with Crippen molar-refractivity contribution in [3.05, 3.63) is 35.9 Å². The molecule has 0 amide bonds. The number of fused-ring (bicyclic) bond motifs is 1. The van der Waals surface area contributed by atoms with Gasteiger partial charge in [0.15, 0.2) is 17.9 Å². The van der Waals surface area contributed by atoms with Gasteiger partial charge in [-0.25, -0.2) is 0 Å². The van der Waals surface area contributed by atoms with Crippen LogP contribution in [0.15, 0.2) is 30.3 Å². The van der Waals surface area contributed by atoms with E-state index in [-0.39, 0.29) is 24.4 Å². The van der Waals surface area contributed by atoms with Gasteiger partial charge in [-0.3, -0.25) is 9.80 Å². The van der Waals surface area contributed by atoms with Crippen LogP contribution in [0.5, 0.6) is 0 Å². The van der Waals surface area contributed by atoms with E-state index < -0.39 is 17.9 Å². The lowest BCUT2D eigenvalue weighted by atomic mass is 10.1. The molecule has 0 N–H and O–H groups in total. The van der Waals surface area contributed by atoms with E-state index in [0.29, 0.717) is 13.2 Å². The highest BCUT2D eigenvalue weighted by atomic mass is 16.8. The van der Waals surface area contributed by atoms with Gasteiger partial charge >= 0.3 is 0 Å². The van der Waals surface area contributed by atoms with E-state index in [0.717, 1.165) is 39.3 Å². The summed E-state index contributed by atoms with van der Waals surface area (Å²) in [5.41, 5.74) is 1.37. The predicted molar refractivity (Wildman–Crippen MR) is 122 cm³/mol. The monoisotopic (exact) mass is 462 g/mol. The molecule has 8 nitrogen and oxygen atoms in total. The largest absolute Gasteiger partial charge is 0.349 e. The summed E-state index contributed by atoms with van der Waals surface area (Å²) in [7, 11) is 0. The summed E-state index contributed by atoms with van der Waals surface area (Å²) < 4.78 is 36.6. The molecule has 184 valence electrons. The van der Waals surface area contributed by atoms with Crippen LogP contribution >= 0.6 is 0 Å². The fourth-order valence-corrected chi connectivity index (χ4v) is 5.21. The fraction of sp³-hybridized carbons (Fsp3) is 0.760. The number of hydrogen-bond acceptors (Lipinski definition) is 8. The van der Waals surface area contributed by atoms with Gasteiger partial charge in [-0.05, 0) is 33.3 Å². The first-order chi connectivity index (χ1) is 15.8. The van der Waals surface area contributed by atoms with Crippen molar-refractivity contribution >= 4 is 0 Å². The summed E-state index contributed by atoms with van der Waals surface area (Å²) in [6.45, 7) is 14.9. The normalized spacial score (nSPS) is 36.3. The lowest BCUT2D eigenvalue weighted by Crippen LogP contribution is -2.47. The van der Waals surface area contributed by atoms with E-state index in [9.17, 15) is 0 Å². The molecule has 33 heavy (non-hydrogen) atoms. The quantitative estimate of drug-likeness (QED) is 0.611. The van der Waals surface area contributed by atoms with Crippen molar-refractivity contribution in [3.8, 4) is 0 Å². The number of rotatable bonds is 7. The zero-order chi connectivity index (χ0) is 23.1. The Bertz CT molecular complexity index is 782. The minimum atomic E-state index is -0.664. The van der Waals surface area contributed by atoms with Crippen LogP contribution in [0.3, 0.4) is 0 Å². The molecule has 4 aliphatic heterocycles. The summed E-state index contributed by atoms with van der Waals surface area (Å²) in [6, 6.07) is 10.7. The average molecular weight is 463 g/mol. The Morgan fingerprint density at radius 2 is 1.55 bits per heavy atom. The highest BCUT2D eigenvalue weighted by Gasteiger charge is 2.59. The molecule has 4 saturated heterocycles. The molecule has 4 heterocycles. The van der Waals surface area contributed by atoms with Crippen molar-refractivity contribution in [1.29, 1.82) is 0 Å². The molecule has 0 aliphatic carbocycles. The molecule has 5 atom stereocenters. The number of benzene rings is 1. The molecule has 0 bridgehead atoms. The van der Waals surface area contributed by atoms with Gasteiger partial charge in [0.05, 0.1) is 13.2 Å². The van der Waals surface area contributed by atoms with E-state index >= 15 is 0 Å². The number of ether oxygens (including phenoxy) is 6. The zero-order valence-corrected chi connectivity index (χ0v) is 20.3. The Morgan fingerprint density at radius 3 is 2.24 bits per heavy atom. The zero-order valence-electron chi connectivity index (χ0n) is 20.3. The first-order valence-corrected chi connectivity index (χ1v) is 12.2. The number of hydrogen-bond donors (Lipinski definition) is 0. The van der Waals surface area contributed by atoms with Crippen molar-refractivity contribution in [2.45, 2.75) is 76.5 Å². The molecule has 5 rings (SSSR count). The molecular formula is C25H38N2O6. The van der Waals surface area contributed by atoms with Gasteiger partial charge < -0.3 is 28.4 Å². The van der Waals surface area contributed by atoms with Gasteiger partial charge in [-0.2, -0.15) is 0 Å². The molecule has 4 fully saturated rings. The second-order valence-electron chi connectivity index (χ2n) is 10.4. The van der Waals surface area contributed by atoms with E-state index in [2.05, 4.69) is 40.1 Å². The Morgan fingerprint density at radius 1 is 0.848 bits per heavy atom. The van der Waals surface area contributed by atoms with E-state index in [4.69, 9.17) is 28.4 Å². The smallest absolute Gasteiger partial charge is 0.187 e. The second kappa shape index (κ2) is 9.51. The average Bonchev–Trinajstić information content (AvgIpc) is 3.40. The summed E-state index contributed by atoms with van der Waals surface area (Å²) in [4.78, 5) is 4.97. The van der Waals surface area contributed by atoms with Crippen molar-refractivity contribution in [2.75, 3.05) is 45.9 Å². The Balaban J connectivity index is 1.09. The lowest BCUT2D eigenvalue weighted by Gasteiger charge is -2.35. The first-order valence-electron chi connectivity index (χ1n) is 12.2. The molecular weight excluding hydrogens is 424 g/mol. The van der Waals surface area contributed by atoms with E-state index in [1.165, 1.54) is 5.56 Å².